The molecule has 1 aromatic carbocycles. The van der Waals surface area contributed by atoms with Crippen molar-refractivity contribution in [2.75, 3.05) is 26.2 Å². The lowest BCUT2D eigenvalue weighted by Crippen LogP contribution is -2.53. The van der Waals surface area contributed by atoms with E-state index < -0.39 is 11.3 Å². The Morgan fingerprint density at radius 3 is 1.74 bits per heavy atom. The van der Waals surface area contributed by atoms with Gasteiger partial charge in [0.05, 0.1) is 0 Å². The Morgan fingerprint density at radius 1 is 0.870 bits per heavy atom. The lowest BCUT2D eigenvalue weighted by atomic mass is 9.94. The number of rotatable bonds is 2. The first kappa shape index (κ1) is 17.0. The first-order chi connectivity index (χ1) is 10.7. The second kappa shape index (κ2) is 6.40. The van der Waals surface area contributed by atoms with Crippen molar-refractivity contribution in [1.82, 2.24) is 9.80 Å². The molecule has 23 heavy (non-hydrogen) atoms. The van der Waals surface area contributed by atoms with Gasteiger partial charge in [-0.25, -0.2) is 0 Å². The average Bonchev–Trinajstić information content (AvgIpc) is 2.53. The molecule has 2 N–H and O–H groups in total. The smallest absolute Gasteiger partial charge is 0.253 e. The summed E-state index contributed by atoms with van der Waals surface area (Å²) in [5.74, 6) is -0.502. The SMILES string of the molecule is CC(C)(C)C(=O)N1CCN(C(=O)c2ccc(C(N)=O)cc2)CC1. The fraction of sp³-hybridized carbons (Fsp3) is 0.471. The van der Waals surface area contributed by atoms with E-state index in [1.165, 1.54) is 0 Å². The molecular formula is C17H23N3O3. The zero-order chi connectivity index (χ0) is 17.2. The van der Waals surface area contributed by atoms with Gasteiger partial charge < -0.3 is 15.5 Å². The van der Waals surface area contributed by atoms with Gasteiger partial charge in [0.25, 0.3) is 5.91 Å². The molecule has 0 unspecified atom stereocenters. The van der Waals surface area contributed by atoms with E-state index in [0.717, 1.165) is 0 Å². The minimum atomic E-state index is -0.515. The second-order valence-electron chi connectivity index (χ2n) is 6.78. The van der Waals surface area contributed by atoms with E-state index >= 15 is 0 Å². The fourth-order valence-corrected chi connectivity index (χ4v) is 2.55. The van der Waals surface area contributed by atoms with Crippen LogP contribution in [0.15, 0.2) is 24.3 Å². The minimum Gasteiger partial charge on any atom is -0.366 e. The molecule has 1 aromatic rings. The van der Waals surface area contributed by atoms with Crippen molar-refractivity contribution < 1.29 is 14.4 Å². The number of piperazine rings is 1. The van der Waals surface area contributed by atoms with Crippen LogP contribution in [-0.4, -0.2) is 53.7 Å². The summed E-state index contributed by atoms with van der Waals surface area (Å²) < 4.78 is 0. The topological polar surface area (TPSA) is 83.7 Å². The lowest BCUT2D eigenvalue weighted by molar-refractivity contribution is -0.140. The number of benzene rings is 1. The summed E-state index contributed by atoms with van der Waals surface area (Å²) in [4.78, 5) is 39.3. The molecule has 2 rings (SSSR count). The predicted octanol–water partition coefficient (Wildman–Crippen LogP) is 1.12. The molecule has 0 saturated carbocycles. The highest BCUT2D eigenvalue weighted by molar-refractivity contribution is 5.97. The molecule has 1 fully saturated rings. The molecule has 0 radical (unpaired) electrons. The van der Waals surface area contributed by atoms with E-state index in [9.17, 15) is 14.4 Å². The van der Waals surface area contributed by atoms with Crippen LogP contribution >= 0.6 is 0 Å². The lowest BCUT2D eigenvalue weighted by Gasteiger charge is -2.37. The molecule has 1 aliphatic rings. The van der Waals surface area contributed by atoms with E-state index in [4.69, 9.17) is 5.73 Å². The van der Waals surface area contributed by atoms with Gasteiger partial charge >= 0.3 is 0 Å². The van der Waals surface area contributed by atoms with Crippen molar-refractivity contribution in [3.8, 4) is 0 Å². The average molecular weight is 317 g/mol. The molecule has 0 spiro atoms. The van der Waals surface area contributed by atoms with Crippen LogP contribution in [0.3, 0.4) is 0 Å². The van der Waals surface area contributed by atoms with Gasteiger partial charge in [0, 0.05) is 42.7 Å². The van der Waals surface area contributed by atoms with E-state index in [2.05, 4.69) is 0 Å². The third-order valence-electron chi connectivity index (χ3n) is 3.91. The molecule has 0 atom stereocenters. The van der Waals surface area contributed by atoms with Gasteiger partial charge in [-0.15, -0.1) is 0 Å². The molecule has 6 heteroatoms. The van der Waals surface area contributed by atoms with Gasteiger partial charge in [-0.1, -0.05) is 20.8 Å². The zero-order valence-corrected chi connectivity index (χ0v) is 13.8. The minimum absolute atomic E-state index is 0.0936. The molecule has 6 nitrogen and oxygen atoms in total. The van der Waals surface area contributed by atoms with Gasteiger partial charge in [0.1, 0.15) is 0 Å². The largest absolute Gasteiger partial charge is 0.366 e. The summed E-state index contributed by atoms with van der Waals surface area (Å²) in [7, 11) is 0. The van der Waals surface area contributed by atoms with Crippen LogP contribution in [0.4, 0.5) is 0 Å². The van der Waals surface area contributed by atoms with Crippen LogP contribution in [-0.2, 0) is 4.79 Å². The maximum Gasteiger partial charge on any atom is 0.253 e. The summed E-state index contributed by atoms with van der Waals surface area (Å²) in [6.45, 7) is 7.80. The first-order valence-corrected chi connectivity index (χ1v) is 7.68. The summed E-state index contributed by atoms with van der Waals surface area (Å²) in [6, 6.07) is 6.31. The Labute approximate surface area is 136 Å². The summed E-state index contributed by atoms with van der Waals surface area (Å²) >= 11 is 0. The second-order valence-corrected chi connectivity index (χ2v) is 6.78. The standard InChI is InChI=1S/C17H23N3O3/c1-17(2,3)16(23)20-10-8-19(9-11-20)15(22)13-6-4-12(5-7-13)14(18)21/h4-7H,8-11H2,1-3H3,(H2,18,21). The molecule has 1 aliphatic heterocycles. The maximum absolute atomic E-state index is 12.5. The van der Waals surface area contributed by atoms with Crippen LogP contribution in [0.2, 0.25) is 0 Å². The molecule has 3 amide bonds. The number of carbonyl (C=O) groups is 3. The first-order valence-electron chi connectivity index (χ1n) is 7.68. The van der Waals surface area contributed by atoms with Crippen LogP contribution in [0.25, 0.3) is 0 Å². The van der Waals surface area contributed by atoms with Gasteiger partial charge in [0.15, 0.2) is 0 Å². The third-order valence-corrected chi connectivity index (χ3v) is 3.91. The Kier molecular flexibility index (Phi) is 4.73. The predicted molar refractivity (Wildman–Crippen MR) is 86.9 cm³/mol. The zero-order valence-electron chi connectivity index (χ0n) is 13.8. The van der Waals surface area contributed by atoms with Gasteiger partial charge in [-0.05, 0) is 24.3 Å². The quantitative estimate of drug-likeness (QED) is 0.887. The van der Waals surface area contributed by atoms with Crippen LogP contribution in [0.1, 0.15) is 41.5 Å². The van der Waals surface area contributed by atoms with Crippen molar-refractivity contribution >= 4 is 17.7 Å². The highest BCUT2D eigenvalue weighted by atomic mass is 16.2. The van der Waals surface area contributed by atoms with Gasteiger partial charge in [0.2, 0.25) is 11.8 Å². The normalized spacial score (nSPS) is 15.4. The molecule has 1 heterocycles. The Balaban J connectivity index is 1.98. The maximum atomic E-state index is 12.5. The Bertz CT molecular complexity index is 609. The van der Waals surface area contributed by atoms with Crippen molar-refractivity contribution in [2.45, 2.75) is 20.8 Å². The summed E-state index contributed by atoms with van der Waals surface area (Å²) in [5.41, 5.74) is 5.68. The van der Waals surface area contributed by atoms with Gasteiger partial charge in [-0.2, -0.15) is 0 Å². The molecule has 1 saturated heterocycles. The molecular weight excluding hydrogens is 294 g/mol. The number of carbonyl (C=O) groups excluding carboxylic acids is 3. The molecule has 0 aliphatic carbocycles. The number of primary amides is 1. The summed E-state index contributed by atoms with van der Waals surface area (Å²) in [5, 5.41) is 0. The monoisotopic (exact) mass is 317 g/mol. The van der Waals surface area contributed by atoms with E-state index in [0.29, 0.717) is 37.3 Å². The fourth-order valence-electron chi connectivity index (χ4n) is 2.55. The Morgan fingerprint density at radius 2 is 1.30 bits per heavy atom. The van der Waals surface area contributed by atoms with E-state index in [1.54, 1.807) is 34.1 Å². The van der Waals surface area contributed by atoms with Crippen molar-refractivity contribution in [3.63, 3.8) is 0 Å². The number of hydrogen-bond donors (Lipinski definition) is 1. The highest BCUT2D eigenvalue weighted by Crippen LogP contribution is 2.19. The van der Waals surface area contributed by atoms with Crippen molar-refractivity contribution in [2.24, 2.45) is 11.1 Å². The van der Waals surface area contributed by atoms with E-state index in [1.807, 2.05) is 20.8 Å². The third kappa shape index (κ3) is 3.88. The number of amides is 3. The van der Waals surface area contributed by atoms with Crippen LogP contribution in [0, 0.1) is 5.41 Å². The molecule has 124 valence electrons. The van der Waals surface area contributed by atoms with Gasteiger partial charge in [-0.3, -0.25) is 14.4 Å². The number of hydrogen-bond acceptors (Lipinski definition) is 3. The Hall–Kier alpha value is -2.37. The molecule has 0 bridgehead atoms. The number of nitrogens with zero attached hydrogens (tertiary/aromatic N) is 2. The van der Waals surface area contributed by atoms with Crippen LogP contribution < -0.4 is 5.73 Å². The molecule has 0 aromatic heterocycles. The van der Waals surface area contributed by atoms with E-state index in [-0.39, 0.29) is 11.8 Å². The van der Waals surface area contributed by atoms with Crippen molar-refractivity contribution in [1.29, 1.82) is 0 Å². The van der Waals surface area contributed by atoms with Crippen molar-refractivity contribution in [3.05, 3.63) is 35.4 Å². The summed E-state index contributed by atoms with van der Waals surface area (Å²) in [6.07, 6.45) is 0. The highest BCUT2D eigenvalue weighted by Gasteiger charge is 2.31. The number of nitrogens with two attached hydrogens (primary N) is 1. The van der Waals surface area contributed by atoms with Crippen LogP contribution in [0.5, 0.6) is 0 Å².